The van der Waals surface area contributed by atoms with Crippen LogP contribution in [0.4, 0.5) is 5.69 Å². The first-order valence-electron chi connectivity index (χ1n) is 9.14. The third-order valence-corrected chi connectivity index (χ3v) is 6.97. The van der Waals surface area contributed by atoms with Crippen molar-refractivity contribution < 1.29 is 22.9 Å². The Balaban J connectivity index is 1.86. The zero-order chi connectivity index (χ0) is 21.9. The van der Waals surface area contributed by atoms with Crippen LogP contribution in [-0.2, 0) is 26.0 Å². The molecule has 160 valence electrons. The molecule has 30 heavy (non-hydrogen) atoms. The van der Waals surface area contributed by atoms with Gasteiger partial charge >= 0.3 is 0 Å². The number of aromatic nitrogens is 1. The summed E-state index contributed by atoms with van der Waals surface area (Å²) in [4.78, 5) is 40.5. The maximum Gasteiger partial charge on any atom is 0.270 e. The zero-order valence-corrected chi connectivity index (χ0v) is 17.7. The molecule has 1 aliphatic rings. The Labute approximate surface area is 176 Å². The highest BCUT2D eigenvalue weighted by Gasteiger charge is 2.26. The van der Waals surface area contributed by atoms with Crippen LogP contribution in [0.1, 0.15) is 12.8 Å². The predicted molar refractivity (Wildman–Crippen MR) is 112 cm³/mol. The van der Waals surface area contributed by atoms with Crippen LogP contribution in [0.2, 0.25) is 0 Å². The van der Waals surface area contributed by atoms with E-state index in [1.165, 1.54) is 17.0 Å². The molecule has 0 spiro atoms. The lowest BCUT2D eigenvalue weighted by molar-refractivity contribution is -0.384. The second kappa shape index (κ2) is 8.88. The van der Waals surface area contributed by atoms with Gasteiger partial charge in [0.25, 0.3) is 11.6 Å². The first kappa shape index (κ1) is 21.8. The molecule has 0 aliphatic carbocycles. The van der Waals surface area contributed by atoms with Gasteiger partial charge < -0.3 is 9.47 Å². The van der Waals surface area contributed by atoms with Crippen LogP contribution in [0.25, 0.3) is 10.2 Å². The summed E-state index contributed by atoms with van der Waals surface area (Å²) in [5, 5.41) is 11.0. The van der Waals surface area contributed by atoms with E-state index < -0.39 is 38.1 Å². The summed E-state index contributed by atoms with van der Waals surface area (Å²) in [6.07, 6.45) is 3.25. The largest absolute Gasteiger partial charge is 0.342 e. The van der Waals surface area contributed by atoms with Crippen LogP contribution in [0.5, 0.6) is 0 Å². The molecule has 0 unspecified atom stereocenters. The molecule has 2 heterocycles. The number of rotatable bonds is 7. The summed E-state index contributed by atoms with van der Waals surface area (Å²) >= 11 is 1.04. The van der Waals surface area contributed by atoms with Crippen LogP contribution < -0.4 is 4.80 Å². The molecule has 1 aliphatic heterocycles. The Morgan fingerprint density at radius 1 is 1.27 bits per heavy atom. The predicted octanol–water partition coefficient (Wildman–Crippen LogP) is 1.26. The Morgan fingerprint density at radius 2 is 1.97 bits per heavy atom. The number of hydrogen-bond donors (Lipinski definition) is 0. The number of nitrogens with zero attached hydrogens (tertiary/aromatic N) is 4. The SMILES string of the molecule is C=CCn1c(=NC(=O)CS(=O)(=O)CC(=O)N2CCCC2)sc2cc([N+](=O)[O-])ccc21. The second-order valence-electron chi connectivity index (χ2n) is 6.82. The van der Waals surface area contributed by atoms with Crippen LogP contribution in [0, 0.1) is 10.1 Å². The van der Waals surface area contributed by atoms with Crippen molar-refractivity contribution in [2.24, 2.45) is 4.99 Å². The van der Waals surface area contributed by atoms with Gasteiger partial charge in [-0.1, -0.05) is 17.4 Å². The minimum atomic E-state index is -3.96. The van der Waals surface area contributed by atoms with Gasteiger partial charge in [0.1, 0.15) is 11.5 Å². The van der Waals surface area contributed by atoms with E-state index in [1.807, 2.05) is 0 Å². The van der Waals surface area contributed by atoms with Gasteiger partial charge in [-0.25, -0.2) is 8.42 Å². The summed E-state index contributed by atoms with van der Waals surface area (Å²) < 4.78 is 26.7. The summed E-state index contributed by atoms with van der Waals surface area (Å²) in [6, 6.07) is 4.26. The monoisotopic (exact) mass is 452 g/mol. The topological polar surface area (TPSA) is 132 Å². The van der Waals surface area contributed by atoms with Crippen LogP contribution in [0.3, 0.4) is 0 Å². The number of carbonyl (C=O) groups is 2. The number of sulfone groups is 1. The number of nitro groups is 1. The molecular formula is C18H20N4O6S2. The lowest BCUT2D eigenvalue weighted by atomic mass is 10.3. The molecule has 1 saturated heterocycles. The molecular weight excluding hydrogens is 432 g/mol. The number of thiazole rings is 1. The van der Waals surface area contributed by atoms with Gasteiger partial charge in [0.2, 0.25) is 5.91 Å². The zero-order valence-electron chi connectivity index (χ0n) is 16.0. The lowest BCUT2D eigenvalue weighted by Crippen LogP contribution is -2.35. The van der Waals surface area contributed by atoms with Crippen molar-refractivity contribution in [1.82, 2.24) is 9.47 Å². The van der Waals surface area contributed by atoms with Gasteiger partial charge in [0.15, 0.2) is 14.6 Å². The third kappa shape index (κ3) is 5.00. The molecule has 2 amide bonds. The second-order valence-corrected chi connectivity index (χ2v) is 9.89. The van der Waals surface area contributed by atoms with Crippen LogP contribution >= 0.6 is 11.3 Å². The molecule has 0 bridgehead atoms. The molecule has 3 rings (SSSR count). The van der Waals surface area contributed by atoms with Crippen molar-refractivity contribution in [3.63, 3.8) is 0 Å². The van der Waals surface area contributed by atoms with Gasteiger partial charge in [-0.2, -0.15) is 4.99 Å². The number of allylic oxidation sites excluding steroid dienone is 1. The molecule has 1 aromatic carbocycles. The number of nitro benzene ring substituents is 1. The molecule has 10 nitrogen and oxygen atoms in total. The highest BCUT2D eigenvalue weighted by molar-refractivity contribution is 7.92. The Kier molecular flexibility index (Phi) is 6.46. The number of carbonyl (C=O) groups excluding carboxylic acids is 2. The van der Waals surface area contributed by atoms with Crippen molar-refractivity contribution in [3.05, 3.63) is 45.8 Å². The van der Waals surface area contributed by atoms with E-state index in [0.717, 1.165) is 24.2 Å². The van der Waals surface area contributed by atoms with E-state index in [0.29, 0.717) is 23.3 Å². The molecule has 0 N–H and O–H groups in total. The standard InChI is InChI=1S/C18H20N4O6S2/c1-2-7-21-14-6-5-13(22(25)26)10-15(14)29-18(21)19-16(23)11-30(27,28)12-17(24)20-8-3-4-9-20/h2,5-6,10H,1,3-4,7-9,11-12H2. The van der Waals surface area contributed by atoms with Crippen LogP contribution in [-0.4, -0.2) is 59.2 Å². The molecule has 0 atom stereocenters. The summed E-state index contributed by atoms with van der Waals surface area (Å²) in [6.45, 7) is 4.99. The number of amides is 2. The summed E-state index contributed by atoms with van der Waals surface area (Å²) in [5.41, 5.74) is 0.513. The number of hydrogen-bond acceptors (Lipinski definition) is 7. The third-order valence-electron chi connectivity index (χ3n) is 4.55. The van der Waals surface area contributed by atoms with Crippen molar-refractivity contribution in [3.8, 4) is 0 Å². The van der Waals surface area contributed by atoms with Gasteiger partial charge in [-0.3, -0.25) is 19.7 Å². The minimum absolute atomic E-state index is 0.101. The molecule has 0 radical (unpaired) electrons. The smallest absolute Gasteiger partial charge is 0.270 e. The number of fused-ring (bicyclic) bond motifs is 1. The maximum atomic E-state index is 12.3. The lowest BCUT2D eigenvalue weighted by Gasteiger charge is -2.14. The first-order chi connectivity index (χ1) is 14.2. The van der Waals surface area contributed by atoms with E-state index >= 15 is 0 Å². The summed E-state index contributed by atoms with van der Waals surface area (Å²) in [7, 11) is -3.96. The van der Waals surface area contributed by atoms with Gasteiger partial charge in [-0.05, 0) is 18.9 Å². The molecule has 0 saturated carbocycles. The number of likely N-dealkylation sites (tertiary alicyclic amines) is 1. The first-order valence-corrected chi connectivity index (χ1v) is 11.8. The molecule has 1 fully saturated rings. The van der Waals surface area contributed by atoms with Gasteiger partial charge in [-0.15, -0.1) is 6.58 Å². The van der Waals surface area contributed by atoms with Crippen molar-refractivity contribution in [2.45, 2.75) is 19.4 Å². The Hall–Kier alpha value is -2.86. The van der Waals surface area contributed by atoms with Crippen LogP contribution in [0.15, 0.2) is 35.8 Å². The number of non-ortho nitro benzene ring substituents is 1. The Bertz CT molecular complexity index is 1190. The molecule has 1 aromatic heterocycles. The van der Waals surface area contributed by atoms with Crippen molar-refractivity contribution in [1.29, 1.82) is 0 Å². The molecule has 12 heteroatoms. The normalized spacial score (nSPS) is 14.9. The van der Waals surface area contributed by atoms with Gasteiger partial charge in [0, 0.05) is 31.8 Å². The fourth-order valence-electron chi connectivity index (χ4n) is 3.19. The van der Waals surface area contributed by atoms with E-state index in [2.05, 4.69) is 11.6 Å². The average Bonchev–Trinajstić information content (AvgIpc) is 3.29. The fraction of sp³-hybridized carbons (Fsp3) is 0.389. The van der Waals surface area contributed by atoms with E-state index in [1.54, 1.807) is 16.7 Å². The highest BCUT2D eigenvalue weighted by atomic mass is 32.2. The van der Waals surface area contributed by atoms with Crippen molar-refractivity contribution >= 4 is 48.9 Å². The molecule has 2 aromatic rings. The Morgan fingerprint density at radius 3 is 2.60 bits per heavy atom. The number of benzene rings is 1. The van der Waals surface area contributed by atoms with Gasteiger partial charge in [0.05, 0.1) is 15.1 Å². The van der Waals surface area contributed by atoms with Crippen molar-refractivity contribution in [2.75, 3.05) is 24.6 Å². The fourth-order valence-corrected chi connectivity index (χ4v) is 5.38. The highest BCUT2D eigenvalue weighted by Crippen LogP contribution is 2.23. The van der Waals surface area contributed by atoms with E-state index in [4.69, 9.17) is 0 Å². The average molecular weight is 453 g/mol. The van der Waals surface area contributed by atoms with E-state index in [9.17, 15) is 28.1 Å². The van der Waals surface area contributed by atoms with E-state index in [-0.39, 0.29) is 17.0 Å². The maximum absolute atomic E-state index is 12.3. The quantitative estimate of drug-likeness (QED) is 0.353. The summed E-state index contributed by atoms with van der Waals surface area (Å²) in [5.74, 6) is -3.01. The minimum Gasteiger partial charge on any atom is -0.342 e.